The molecule has 0 amide bonds. The van der Waals surface area contributed by atoms with Crippen molar-refractivity contribution in [2.24, 2.45) is 0 Å². The van der Waals surface area contributed by atoms with E-state index in [-0.39, 0.29) is 4.49 Å². The fraction of sp³-hybridized carbons (Fsp3) is 0.500. The van der Waals surface area contributed by atoms with Gasteiger partial charge in [-0.3, -0.25) is 0 Å². The van der Waals surface area contributed by atoms with Crippen LogP contribution < -0.4 is 0 Å². The van der Waals surface area contributed by atoms with E-state index in [1.54, 1.807) is 0 Å². The summed E-state index contributed by atoms with van der Waals surface area (Å²) in [7, 11) is 2.84. The first-order chi connectivity index (χ1) is 4.68. The molecule has 0 nitrogen and oxygen atoms in total. The summed E-state index contributed by atoms with van der Waals surface area (Å²) in [5.41, 5.74) is 0. The van der Waals surface area contributed by atoms with Gasteiger partial charge in [-0.1, -0.05) is 45.6 Å². The van der Waals surface area contributed by atoms with Gasteiger partial charge in [0.2, 0.25) is 0 Å². The Kier molecular flexibility index (Phi) is 8.42. The highest BCUT2D eigenvalue weighted by Gasteiger charge is 1.98. The maximum Gasteiger partial charge on any atom is 0.132 e. The molecular weight excluding hydrogens is 254 g/mol. The number of alkyl halides is 1. The first kappa shape index (κ1) is 11.6. The van der Waals surface area contributed by atoms with E-state index in [1.165, 1.54) is 21.6 Å². The van der Waals surface area contributed by atoms with Crippen LogP contribution in [0.15, 0.2) is 8.86 Å². The fourth-order valence-corrected chi connectivity index (χ4v) is 2.94. The molecule has 0 heterocycles. The summed E-state index contributed by atoms with van der Waals surface area (Å²) < 4.78 is 0.507. The molecule has 0 aromatic heterocycles. The molecule has 0 aromatic rings. The lowest BCUT2D eigenvalue weighted by Gasteiger charge is -1.95. The molecule has 10 heavy (non-hydrogen) atoms. The van der Waals surface area contributed by atoms with Crippen molar-refractivity contribution in [1.29, 1.82) is 0 Å². The minimum atomic E-state index is 0.105. The predicted octanol–water partition coefficient (Wildman–Crippen LogP) is 4.45. The zero-order valence-electron chi connectivity index (χ0n) is 4.74. The summed E-state index contributed by atoms with van der Waals surface area (Å²) in [6.07, 6.45) is 0. The highest BCUT2D eigenvalue weighted by atomic mass is 35.5. The van der Waals surface area contributed by atoms with Crippen molar-refractivity contribution >= 4 is 68.0 Å². The Labute approximate surface area is 88.0 Å². The lowest BCUT2D eigenvalue weighted by molar-refractivity contribution is 1.55. The Balaban J connectivity index is 3.40. The molecule has 0 saturated heterocycles. The van der Waals surface area contributed by atoms with Gasteiger partial charge in [0.15, 0.2) is 0 Å². The normalized spacial score (nSPS) is 9.60. The van der Waals surface area contributed by atoms with Gasteiger partial charge in [0.05, 0.1) is 0 Å². The van der Waals surface area contributed by atoms with Crippen molar-refractivity contribution in [1.82, 2.24) is 0 Å². The average molecular weight is 258 g/mol. The van der Waals surface area contributed by atoms with Gasteiger partial charge < -0.3 is 0 Å². The minimum Gasteiger partial charge on any atom is -0.126 e. The summed E-state index contributed by atoms with van der Waals surface area (Å²) in [6.45, 7) is 0. The van der Waals surface area contributed by atoms with Crippen molar-refractivity contribution < 1.29 is 0 Å². The highest BCUT2D eigenvalue weighted by molar-refractivity contribution is 8.78. The topological polar surface area (TPSA) is 0 Å². The van der Waals surface area contributed by atoms with E-state index in [4.69, 9.17) is 46.4 Å². The van der Waals surface area contributed by atoms with Crippen molar-refractivity contribution in [3.8, 4) is 0 Å². The number of rotatable bonds is 4. The summed E-state index contributed by atoms with van der Waals surface area (Å²) in [5, 5.41) is 0. The second-order valence-corrected chi connectivity index (χ2v) is 5.48. The molecule has 0 unspecified atom stereocenters. The fourth-order valence-electron chi connectivity index (χ4n) is 0.156. The lowest BCUT2D eigenvalue weighted by atomic mass is 11.0. The Morgan fingerprint density at radius 2 is 1.80 bits per heavy atom. The summed E-state index contributed by atoms with van der Waals surface area (Å²) in [5.74, 6) is 1.42. The third-order valence-corrected chi connectivity index (χ3v) is 4.54. The molecule has 0 bridgehead atoms. The third-order valence-electron chi connectivity index (χ3n) is 0.441. The largest absolute Gasteiger partial charge is 0.132 e. The molecular formula is C4H4Cl4S2. The van der Waals surface area contributed by atoms with E-state index >= 15 is 0 Å². The molecule has 0 radical (unpaired) electrons. The van der Waals surface area contributed by atoms with Gasteiger partial charge >= 0.3 is 0 Å². The summed E-state index contributed by atoms with van der Waals surface area (Å²) in [6, 6.07) is 0. The highest BCUT2D eigenvalue weighted by Crippen LogP contribution is 2.37. The van der Waals surface area contributed by atoms with Crippen LogP contribution in [0, 0.1) is 0 Å². The van der Waals surface area contributed by atoms with Gasteiger partial charge in [0.1, 0.15) is 8.86 Å². The maximum absolute atomic E-state index is 5.57. The number of hydrogen-bond donors (Lipinski definition) is 0. The molecule has 0 saturated carbocycles. The third kappa shape index (κ3) is 6.32. The van der Waals surface area contributed by atoms with Crippen LogP contribution in [0.5, 0.6) is 0 Å². The Morgan fingerprint density at radius 3 is 2.20 bits per heavy atom. The van der Waals surface area contributed by atoms with Crippen LogP contribution in [0.2, 0.25) is 0 Å². The van der Waals surface area contributed by atoms with Gasteiger partial charge in [-0.25, -0.2) is 0 Å². The molecule has 0 fully saturated rings. The van der Waals surface area contributed by atoms with Crippen molar-refractivity contribution in [3.05, 3.63) is 8.86 Å². The van der Waals surface area contributed by atoms with E-state index in [0.29, 0.717) is 10.2 Å². The number of halogens is 4. The lowest BCUT2D eigenvalue weighted by Crippen LogP contribution is -1.72. The summed E-state index contributed by atoms with van der Waals surface area (Å²) >= 11 is 21.7. The van der Waals surface area contributed by atoms with Crippen LogP contribution in [0.25, 0.3) is 0 Å². The Morgan fingerprint density at radius 1 is 1.20 bits per heavy atom. The molecule has 0 N–H and O–H groups in total. The zero-order chi connectivity index (χ0) is 7.98. The second kappa shape index (κ2) is 7.26. The van der Waals surface area contributed by atoms with Gasteiger partial charge in [-0.2, -0.15) is 0 Å². The SMILES string of the molecule is ClCCSSC(Cl)=C(Cl)Cl. The Bertz CT molecular complexity index is 120. The first-order valence-electron chi connectivity index (χ1n) is 2.24. The summed E-state index contributed by atoms with van der Waals surface area (Å²) in [4.78, 5) is 0. The molecule has 0 aliphatic carbocycles. The van der Waals surface area contributed by atoms with Gasteiger partial charge in [0, 0.05) is 11.6 Å². The van der Waals surface area contributed by atoms with Crippen LogP contribution in [-0.2, 0) is 0 Å². The van der Waals surface area contributed by atoms with E-state index in [1.807, 2.05) is 0 Å². The molecule has 0 atom stereocenters. The van der Waals surface area contributed by atoms with E-state index in [9.17, 15) is 0 Å². The molecule has 0 spiro atoms. The molecule has 0 aromatic carbocycles. The smallest absolute Gasteiger partial charge is 0.126 e. The standard InChI is InChI=1S/C4H4Cl4S2/c5-1-2-9-10-4(8)3(6)7/h1-2H2. The van der Waals surface area contributed by atoms with Crippen molar-refractivity contribution in [2.45, 2.75) is 0 Å². The molecule has 0 aliphatic heterocycles. The quantitative estimate of drug-likeness (QED) is 0.415. The van der Waals surface area contributed by atoms with Crippen molar-refractivity contribution in [3.63, 3.8) is 0 Å². The predicted molar refractivity (Wildman–Crippen MR) is 55.4 cm³/mol. The van der Waals surface area contributed by atoms with Gasteiger partial charge in [-0.15, -0.1) is 11.6 Å². The molecule has 6 heteroatoms. The van der Waals surface area contributed by atoms with E-state index in [2.05, 4.69) is 0 Å². The van der Waals surface area contributed by atoms with Crippen LogP contribution in [0.1, 0.15) is 0 Å². The number of hydrogen-bond acceptors (Lipinski definition) is 2. The Hall–Kier alpha value is 1.60. The van der Waals surface area contributed by atoms with Gasteiger partial charge in [0.25, 0.3) is 0 Å². The van der Waals surface area contributed by atoms with Gasteiger partial charge in [-0.05, 0) is 10.8 Å². The average Bonchev–Trinajstić information content (AvgIpc) is 1.88. The molecule has 60 valence electrons. The van der Waals surface area contributed by atoms with E-state index in [0.717, 1.165) is 5.75 Å². The minimum absolute atomic E-state index is 0.105. The van der Waals surface area contributed by atoms with Crippen LogP contribution in [-0.4, -0.2) is 11.6 Å². The zero-order valence-corrected chi connectivity index (χ0v) is 9.40. The first-order valence-corrected chi connectivity index (χ1v) is 6.23. The molecule has 0 aliphatic rings. The van der Waals surface area contributed by atoms with Crippen molar-refractivity contribution in [2.75, 3.05) is 11.6 Å². The van der Waals surface area contributed by atoms with Crippen LogP contribution in [0.4, 0.5) is 0 Å². The monoisotopic (exact) mass is 256 g/mol. The van der Waals surface area contributed by atoms with E-state index < -0.39 is 0 Å². The molecule has 0 rings (SSSR count). The maximum atomic E-state index is 5.57. The second-order valence-electron chi connectivity index (χ2n) is 1.13. The van der Waals surface area contributed by atoms with Crippen LogP contribution in [0.3, 0.4) is 0 Å². The van der Waals surface area contributed by atoms with Crippen LogP contribution >= 0.6 is 68.0 Å².